The van der Waals surface area contributed by atoms with Crippen molar-refractivity contribution in [1.29, 1.82) is 0 Å². The Kier molecular flexibility index (Phi) is 9.06. The second-order valence-corrected chi connectivity index (χ2v) is 11.6. The highest BCUT2D eigenvalue weighted by Gasteiger charge is 2.29. The van der Waals surface area contributed by atoms with E-state index >= 15 is 0 Å². The molecule has 0 spiro atoms. The molecule has 1 aromatic rings. The number of rotatable bonds is 7. The van der Waals surface area contributed by atoms with Crippen LogP contribution in [0.3, 0.4) is 0 Å². The minimum atomic E-state index is -0.680. The van der Waals surface area contributed by atoms with Crippen molar-refractivity contribution in [3.05, 3.63) is 17.0 Å². The lowest BCUT2D eigenvalue weighted by Gasteiger charge is -2.36. The Morgan fingerprint density at radius 3 is 2.55 bits per heavy atom. The number of nitrogens with one attached hydrogen (secondary N) is 1. The number of anilines is 2. The van der Waals surface area contributed by atoms with Crippen molar-refractivity contribution in [2.24, 2.45) is 5.92 Å². The number of piperidine rings is 2. The van der Waals surface area contributed by atoms with Crippen molar-refractivity contribution in [2.75, 3.05) is 63.1 Å². The van der Waals surface area contributed by atoms with Crippen LogP contribution < -0.4 is 10.2 Å². The van der Waals surface area contributed by atoms with Crippen molar-refractivity contribution >= 4 is 17.8 Å². The fourth-order valence-corrected chi connectivity index (χ4v) is 6.17. The summed E-state index contributed by atoms with van der Waals surface area (Å²) in [6, 6.07) is 0.999. The first-order chi connectivity index (χ1) is 18.5. The van der Waals surface area contributed by atoms with Crippen LogP contribution in [0.4, 0.5) is 16.2 Å². The van der Waals surface area contributed by atoms with E-state index in [1.54, 1.807) is 7.11 Å². The maximum absolute atomic E-state index is 13.5. The monoisotopic (exact) mass is 524 g/mol. The van der Waals surface area contributed by atoms with Gasteiger partial charge in [-0.3, -0.25) is 4.90 Å². The third-order valence-electron chi connectivity index (χ3n) is 8.56. The van der Waals surface area contributed by atoms with Crippen molar-refractivity contribution in [1.82, 2.24) is 19.8 Å². The maximum Gasteiger partial charge on any atom is 0.227 e. The van der Waals surface area contributed by atoms with E-state index < -0.39 is 6.17 Å². The standard InChI is InChI=1S/C30H45FN6O/c1-22(2)36-17-11-25(12-18-36)32-29-26-20-28(38-3)23(9-5-8-13-35-16-10-24(31)21-35)19-27(26)33-30(34-29)37-14-6-4-7-15-37/h20,22-25H,4,6-8,10-19,21H2,1-3H3,(H,32,33,34)/t23?,24-/m0/s1. The molecule has 208 valence electrons. The number of hydrogen-bond donors (Lipinski definition) is 1. The normalized spacial score (nSPS) is 25.1. The Hall–Kier alpha value is -2.37. The lowest BCUT2D eigenvalue weighted by atomic mass is 9.91. The van der Waals surface area contributed by atoms with Gasteiger partial charge in [-0.2, -0.15) is 4.98 Å². The van der Waals surface area contributed by atoms with Crippen LogP contribution in [0.25, 0.3) is 6.08 Å². The van der Waals surface area contributed by atoms with Gasteiger partial charge in [-0.05, 0) is 58.4 Å². The molecule has 1 N–H and O–H groups in total. The minimum absolute atomic E-state index is 0.0220. The Morgan fingerprint density at radius 1 is 1.08 bits per heavy atom. The van der Waals surface area contributed by atoms with Crippen LogP contribution >= 0.6 is 0 Å². The topological polar surface area (TPSA) is 56.8 Å². The van der Waals surface area contributed by atoms with Crippen LogP contribution in [-0.4, -0.2) is 90.9 Å². The predicted octanol–water partition coefficient (Wildman–Crippen LogP) is 4.35. The molecule has 3 saturated heterocycles. The molecular formula is C30H45FN6O. The molecule has 0 saturated carbocycles. The van der Waals surface area contributed by atoms with Gasteiger partial charge in [0, 0.05) is 76.3 Å². The maximum atomic E-state index is 13.5. The second kappa shape index (κ2) is 12.7. The van der Waals surface area contributed by atoms with Crippen LogP contribution in [0, 0.1) is 17.8 Å². The van der Waals surface area contributed by atoms with Gasteiger partial charge in [-0.1, -0.05) is 5.92 Å². The number of ether oxygens (including phenoxy) is 1. The molecular weight excluding hydrogens is 479 g/mol. The Labute approximate surface area is 228 Å². The lowest BCUT2D eigenvalue weighted by Crippen LogP contribution is -2.42. The molecule has 7 nitrogen and oxygen atoms in total. The lowest BCUT2D eigenvalue weighted by molar-refractivity contribution is 0.177. The summed E-state index contributed by atoms with van der Waals surface area (Å²) in [6.45, 7) is 11.0. The van der Waals surface area contributed by atoms with Gasteiger partial charge in [-0.15, -0.1) is 5.92 Å². The highest BCUT2D eigenvalue weighted by Crippen LogP contribution is 2.34. The summed E-state index contributed by atoms with van der Waals surface area (Å²) in [7, 11) is 1.73. The number of fused-ring (bicyclic) bond motifs is 1. The van der Waals surface area contributed by atoms with Gasteiger partial charge >= 0.3 is 0 Å². The first-order valence-corrected chi connectivity index (χ1v) is 14.8. The fourth-order valence-electron chi connectivity index (χ4n) is 6.17. The smallest absolute Gasteiger partial charge is 0.227 e. The number of methoxy groups -OCH3 is 1. The molecule has 38 heavy (non-hydrogen) atoms. The van der Waals surface area contributed by atoms with Crippen LogP contribution in [0.2, 0.25) is 0 Å². The molecule has 4 aliphatic rings. The van der Waals surface area contributed by atoms with Gasteiger partial charge in [0.1, 0.15) is 17.7 Å². The summed E-state index contributed by atoms with van der Waals surface area (Å²) >= 11 is 0. The molecule has 4 heterocycles. The van der Waals surface area contributed by atoms with E-state index in [1.165, 1.54) is 19.3 Å². The fraction of sp³-hybridized carbons (Fsp3) is 0.733. The summed E-state index contributed by atoms with van der Waals surface area (Å²) < 4.78 is 19.3. The summed E-state index contributed by atoms with van der Waals surface area (Å²) in [6.07, 6.45) is 9.45. The molecule has 3 fully saturated rings. The molecule has 5 rings (SSSR count). The quantitative estimate of drug-likeness (QED) is 0.533. The molecule has 1 unspecified atom stereocenters. The number of alkyl halides is 1. The molecule has 1 aliphatic carbocycles. The average molecular weight is 525 g/mol. The summed E-state index contributed by atoms with van der Waals surface area (Å²) in [4.78, 5) is 17.3. The first-order valence-electron chi connectivity index (χ1n) is 14.8. The van der Waals surface area contributed by atoms with Crippen LogP contribution in [-0.2, 0) is 11.2 Å². The SMILES string of the molecule is COC1=Cc2c(nc(N3CCCCC3)nc2NC2CCN(C(C)C)CC2)CC1C#CCCN1CC[C@H](F)C1. The van der Waals surface area contributed by atoms with E-state index in [0.717, 1.165) is 93.7 Å². The molecule has 0 radical (unpaired) electrons. The summed E-state index contributed by atoms with van der Waals surface area (Å²) in [5.41, 5.74) is 2.11. The summed E-state index contributed by atoms with van der Waals surface area (Å²) in [5.74, 6) is 9.45. The van der Waals surface area contributed by atoms with Crippen molar-refractivity contribution in [3.63, 3.8) is 0 Å². The number of halogens is 1. The molecule has 8 heteroatoms. The second-order valence-electron chi connectivity index (χ2n) is 11.6. The number of hydrogen-bond acceptors (Lipinski definition) is 7. The zero-order valence-corrected chi connectivity index (χ0v) is 23.5. The van der Waals surface area contributed by atoms with Crippen molar-refractivity contribution in [3.8, 4) is 11.8 Å². The minimum Gasteiger partial charge on any atom is -0.500 e. The average Bonchev–Trinajstić information content (AvgIpc) is 3.36. The Balaban J connectivity index is 1.35. The zero-order chi connectivity index (χ0) is 26.5. The van der Waals surface area contributed by atoms with Gasteiger partial charge in [-0.25, -0.2) is 9.37 Å². The number of aromatic nitrogens is 2. The van der Waals surface area contributed by atoms with Crippen LogP contribution in [0.15, 0.2) is 5.76 Å². The molecule has 0 bridgehead atoms. The van der Waals surface area contributed by atoms with Crippen LogP contribution in [0.5, 0.6) is 0 Å². The largest absolute Gasteiger partial charge is 0.500 e. The zero-order valence-electron chi connectivity index (χ0n) is 23.5. The van der Waals surface area contributed by atoms with E-state index in [4.69, 9.17) is 14.7 Å². The van der Waals surface area contributed by atoms with Crippen LogP contribution in [0.1, 0.15) is 70.1 Å². The molecule has 3 aliphatic heterocycles. The predicted molar refractivity (Wildman–Crippen MR) is 152 cm³/mol. The van der Waals surface area contributed by atoms with Crippen molar-refractivity contribution < 1.29 is 9.13 Å². The van der Waals surface area contributed by atoms with E-state index in [-0.39, 0.29) is 5.92 Å². The highest BCUT2D eigenvalue weighted by atomic mass is 19.1. The van der Waals surface area contributed by atoms with Gasteiger partial charge in [0.15, 0.2) is 0 Å². The molecule has 0 amide bonds. The third kappa shape index (κ3) is 6.60. The number of allylic oxidation sites excluding steroid dienone is 1. The number of nitrogens with zero attached hydrogens (tertiary/aromatic N) is 5. The van der Waals surface area contributed by atoms with Crippen molar-refractivity contribution in [2.45, 2.75) is 83.5 Å². The van der Waals surface area contributed by atoms with E-state index in [0.29, 0.717) is 25.0 Å². The van der Waals surface area contributed by atoms with Gasteiger partial charge in [0.25, 0.3) is 0 Å². The molecule has 1 aromatic heterocycles. The Morgan fingerprint density at radius 2 is 1.87 bits per heavy atom. The highest BCUT2D eigenvalue weighted by molar-refractivity contribution is 5.70. The third-order valence-corrected chi connectivity index (χ3v) is 8.56. The van der Waals surface area contributed by atoms with Gasteiger partial charge in [0.05, 0.1) is 18.7 Å². The van der Waals surface area contributed by atoms with Gasteiger partial charge < -0.3 is 19.9 Å². The first kappa shape index (κ1) is 27.2. The number of likely N-dealkylation sites (tertiary alicyclic amines) is 2. The molecule has 2 atom stereocenters. The Bertz CT molecular complexity index is 1040. The van der Waals surface area contributed by atoms with E-state index in [1.807, 2.05) is 0 Å². The summed E-state index contributed by atoms with van der Waals surface area (Å²) in [5, 5.41) is 3.82. The van der Waals surface area contributed by atoms with E-state index in [2.05, 4.69) is 51.8 Å². The van der Waals surface area contributed by atoms with E-state index in [9.17, 15) is 4.39 Å². The van der Waals surface area contributed by atoms with Gasteiger partial charge in [0.2, 0.25) is 5.95 Å². The molecule has 0 aromatic carbocycles.